The van der Waals surface area contributed by atoms with Gasteiger partial charge >= 0.3 is 0 Å². The van der Waals surface area contributed by atoms with Gasteiger partial charge in [0.25, 0.3) is 0 Å². The Morgan fingerprint density at radius 3 is 2.47 bits per heavy atom. The second kappa shape index (κ2) is 12.9. The third-order valence-corrected chi connectivity index (χ3v) is 8.16. The molecular weight excluding hydrogens is 558 g/mol. The molecule has 216 valence electrons. The van der Waals surface area contributed by atoms with Crippen LogP contribution in [0.3, 0.4) is 0 Å². The maximum Gasteiger partial charge on any atom is 0.225 e. The van der Waals surface area contributed by atoms with E-state index in [1.54, 1.807) is 25.6 Å². The lowest BCUT2D eigenvalue weighted by Gasteiger charge is -2.20. The van der Waals surface area contributed by atoms with Gasteiger partial charge in [-0.15, -0.1) is 10.2 Å². The van der Waals surface area contributed by atoms with Crippen LogP contribution in [-0.2, 0) is 23.4 Å². The maximum atomic E-state index is 13.7. The van der Waals surface area contributed by atoms with E-state index < -0.39 is 6.04 Å². The van der Waals surface area contributed by atoms with Crippen LogP contribution in [0.4, 0.5) is 0 Å². The van der Waals surface area contributed by atoms with E-state index in [1.165, 1.54) is 11.8 Å². The number of H-pyrrole nitrogens is 1. The van der Waals surface area contributed by atoms with E-state index in [-0.39, 0.29) is 12.3 Å². The Balaban J connectivity index is 1.36. The molecule has 0 aliphatic rings. The number of ether oxygens (including phenoxy) is 1. The van der Waals surface area contributed by atoms with Crippen LogP contribution in [0.1, 0.15) is 34.5 Å². The van der Waals surface area contributed by atoms with E-state index in [0.29, 0.717) is 29.0 Å². The van der Waals surface area contributed by atoms with E-state index in [1.807, 2.05) is 78.2 Å². The van der Waals surface area contributed by atoms with Gasteiger partial charge in [-0.05, 0) is 60.9 Å². The van der Waals surface area contributed by atoms with Crippen molar-refractivity contribution in [3.8, 4) is 11.4 Å². The highest BCUT2D eigenvalue weighted by atomic mass is 32.2. The second-order valence-electron chi connectivity index (χ2n) is 10.1. The number of nitrogens with zero attached hydrogens (tertiary/aromatic N) is 5. The van der Waals surface area contributed by atoms with E-state index in [9.17, 15) is 4.79 Å². The van der Waals surface area contributed by atoms with Gasteiger partial charge in [0.2, 0.25) is 5.91 Å². The number of benzene rings is 3. The van der Waals surface area contributed by atoms with Crippen molar-refractivity contribution in [3.63, 3.8) is 0 Å². The molecule has 1 atom stereocenters. The first-order valence-corrected chi connectivity index (χ1v) is 15.0. The average Bonchev–Trinajstić information content (AvgIpc) is 3.61. The molecule has 0 aliphatic carbocycles. The lowest BCUT2D eigenvalue weighted by Crippen LogP contribution is -2.33. The predicted octanol–water partition coefficient (Wildman–Crippen LogP) is 5.79. The summed E-state index contributed by atoms with van der Waals surface area (Å²) in [6, 6.07) is 27.2. The Morgan fingerprint density at radius 2 is 1.70 bits per heavy atom. The van der Waals surface area contributed by atoms with Gasteiger partial charge in [-0.2, -0.15) is 0 Å². The number of fused-ring (bicyclic) bond motifs is 1. The highest BCUT2D eigenvalue weighted by Gasteiger charge is 2.26. The van der Waals surface area contributed by atoms with Crippen molar-refractivity contribution in [2.75, 3.05) is 7.11 Å². The van der Waals surface area contributed by atoms with E-state index in [4.69, 9.17) is 4.74 Å². The Bertz CT molecular complexity index is 1820. The molecule has 0 aliphatic heterocycles. The summed E-state index contributed by atoms with van der Waals surface area (Å²) in [5.74, 6) is 2.50. The molecule has 0 fully saturated rings. The summed E-state index contributed by atoms with van der Waals surface area (Å²) < 4.78 is 7.40. The minimum Gasteiger partial charge on any atom is -0.497 e. The molecule has 0 unspecified atom stereocenters. The van der Waals surface area contributed by atoms with Crippen molar-refractivity contribution < 1.29 is 9.53 Å². The highest BCUT2D eigenvalue weighted by molar-refractivity contribution is 7.98. The van der Waals surface area contributed by atoms with Crippen LogP contribution in [0.5, 0.6) is 5.75 Å². The molecule has 3 heterocycles. The Morgan fingerprint density at radius 1 is 0.953 bits per heavy atom. The lowest BCUT2D eigenvalue weighted by molar-refractivity contribution is -0.121. The zero-order valence-electron chi connectivity index (χ0n) is 23.9. The van der Waals surface area contributed by atoms with E-state index in [2.05, 4.69) is 42.6 Å². The van der Waals surface area contributed by atoms with Crippen molar-refractivity contribution in [3.05, 3.63) is 126 Å². The normalized spacial score (nSPS) is 11.9. The van der Waals surface area contributed by atoms with Gasteiger partial charge in [-0.25, -0.2) is 9.97 Å². The molecule has 0 saturated carbocycles. The van der Waals surface area contributed by atoms with Crippen LogP contribution < -0.4 is 10.1 Å². The van der Waals surface area contributed by atoms with Crippen LogP contribution in [0.25, 0.3) is 16.6 Å². The predicted molar refractivity (Wildman–Crippen MR) is 167 cm³/mol. The summed E-state index contributed by atoms with van der Waals surface area (Å²) in [4.78, 5) is 25.8. The zero-order valence-corrected chi connectivity index (χ0v) is 24.7. The number of para-hydroxylation sites is 1. The van der Waals surface area contributed by atoms with E-state index >= 15 is 0 Å². The Labute approximate surface area is 253 Å². The number of hydrogen-bond donors (Lipinski definition) is 2. The SMILES string of the molecule is COc1ccc(-n2c(SCc3ncccn3)nnc2[C@H](Cc2ccccc2)NC(=O)Cc2c(C)[nH]c3ccccc23)cc1. The number of nitrogens with one attached hydrogen (secondary N) is 2. The van der Waals surface area contributed by atoms with E-state index in [0.717, 1.165) is 39.2 Å². The van der Waals surface area contributed by atoms with Crippen molar-refractivity contribution in [1.29, 1.82) is 0 Å². The van der Waals surface area contributed by atoms with Crippen LogP contribution in [0.15, 0.2) is 102 Å². The fourth-order valence-electron chi connectivity index (χ4n) is 5.13. The second-order valence-corrected chi connectivity index (χ2v) is 11.0. The van der Waals surface area contributed by atoms with Crippen LogP contribution in [0.2, 0.25) is 0 Å². The highest BCUT2D eigenvalue weighted by Crippen LogP contribution is 2.30. The summed E-state index contributed by atoms with van der Waals surface area (Å²) in [6.45, 7) is 2.00. The smallest absolute Gasteiger partial charge is 0.225 e. The first-order valence-electron chi connectivity index (χ1n) is 14.0. The molecule has 9 nitrogen and oxygen atoms in total. The quantitative estimate of drug-likeness (QED) is 0.184. The minimum absolute atomic E-state index is 0.0926. The number of aromatic nitrogens is 6. The average molecular weight is 590 g/mol. The standard InChI is InChI=1S/C33H31N7O2S/c1-22-27(26-11-6-7-12-28(26)36-22)20-31(41)37-29(19-23-9-4-3-5-10-23)32-38-39-33(43-21-30-34-17-8-18-35-30)40(32)24-13-15-25(42-2)16-14-24/h3-18,29,36H,19-21H2,1-2H3,(H,37,41)/t29-/m0/s1. The molecule has 43 heavy (non-hydrogen) atoms. The van der Waals surface area contributed by atoms with Gasteiger partial charge in [0, 0.05) is 34.7 Å². The van der Waals surface area contributed by atoms with Gasteiger partial charge in [0.05, 0.1) is 25.3 Å². The number of carbonyl (C=O) groups is 1. The number of thioether (sulfide) groups is 1. The first kappa shape index (κ1) is 28.2. The van der Waals surface area contributed by atoms with Gasteiger partial charge in [0.1, 0.15) is 11.6 Å². The van der Waals surface area contributed by atoms with Gasteiger partial charge in [-0.3, -0.25) is 9.36 Å². The van der Waals surface area contributed by atoms with Crippen LogP contribution in [-0.4, -0.2) is 42.7 Å². The summed E-state index contributed by atoms with van der Waals surface area (Å²) in [7, 11) is 1.64. The zero-order chi connectivity index (χ0) is 29.6. The largest absolute Gasteiger partial charge is 0.497 e. The first-order chi connectivity index (χ1) is 21.1. The molecule has 6 aromatic rings. The Kier molecular flexibility index (Phi) is 8.46. The molecule has 0 spiro atoms. The molecule has 3 aromatic heterocycles. The van der Waals surface area contributed by atoms with Gasteiger partial charge in [-0.1, -0.05) is 60.3 Å². The van der Waals surface area contributed by atoms with Crippen molar-refractivity contribution in [2.24, 2.45) is 0 Å². The third kappa shape index (κ3) is 6.44. The fourth-order valence-corrected chi connectivity index (χ4v) is 5.97. The van der Waals surface area contributed by atoms with Gasteiger partial charge < -0.3 is 15.0 Å². The Hall–Kier alpha value is -4.96. The fraction of sp³-hybridized carbons (Fsp3) is 0.182. The number of rotatable bonds is 11. The third-order valence-electron chi connectivity index (χ3n) is 7.23. The summed E-state index contributed by atoms with van der Waals surface area (Å²) in [5, 5.41) is 14.3. The van der Waals surface area contributed by atoms with Crippen molar-refractivity contribution in [1.82, 2.24) is 35.0 Å². The molecule has 0 saturated heterocycles. The van der Waals surface area contributed by atoms with Gasteiger partial charge in [0.15, 0.2) is 11.0 Å². The number of carbonyl (C=O) groups excluding carboxylic acids is 1. The monoisotopic (exact) mass is 589 g/mol. The van der Waals surface area contributed by atoms with Crippen LogP contribution in [0, 0.1) is 6.92 Å². The van der Waals surface area contributed by atoms with Crippen molar-refractivity contribution >= 4 is 28.6 Å². The number of aromatic amines is 1. The molecule has 1 amide bonds. The maximum absolute atomic E-state index is 13.7. The summed E-state index contributed by atoms with van der Waals surface area (Å²) >= 11 is 1.49. The number of hydrogen-bond acceptors (Lipinski definition) is 7. The summed E-state index contributed by atoms with van der Waals surface area (Å²) in [5.41, 5.74) is 4.93. The molecule has 2 N–H and O–H groups in total. The van der Waals surface area contributed by atoms with Crippen molar-refractivity contribution in [2.45, 2.75) is 36.7 Å². The summed E-state index contributed by atoms with van der Waals surface area (Å²) in [6.07, 6.45) is 4.23. The topological polar surface area (TPSA) is 111 Å². The molecular formula is C33H31N7O2S. The number of aryl methyl sites for hydroxylation is 1. The molecule has 3 aromatic carbocycles. The van der Waals surface area contributed by atoms with Crippen LogP contribution >= 0.6 is 11.8 Å². The molecule has 0 bridgehead atoms. The number of methoxy groups -OCH3 is 1. The molecule has 10 heteroatoms. The molecule has 6 rings (SSSR count). The lowest BCUT2D eigenvalue weighted by atomic mass is 10.0. The number of amides is 1. The minimum atomic E-state index is -0.447. The molecule has 0 radical (unpaired) electrons.